The first-order valence-electron chi connectivity index (χ1n) is 4.68. The van der Waals surface area contributed by atoms with Gasteiger partial charge in [-0.25, -0.2) is 0 Å². The highest BCUT2D eigenvalue weighted by Gasteiger charge is 2.31. The molecule has 1 aliphatic heterocycles. The van der Waals surface area contributed by atoms with Crippen LogP contribution in [0, 0.1) is 0 Å². The summed E-state index contributed by atoms with van der Waals surface area (Å²) in [5.74, 6) is 0. The van der Waals surface area contributed by atoms with Gasteiger partial charge >= 0.3 is 5.51 Å². The molecule has 0 radical (unpaired) electrons. The molecule has 1 aromatic rings. The van der Waals surface area contributed by atoms with E-state index in [0.29, 0.717) is 5.69 Å². The van der Waals surface area contributed by atoms with Gasteiger partial charge in [-0.1, -0.05) is 12.1 Å². The normalized spacial score (nSPS) is 15.7. The molecule has 0 unspecified atom stereocenters. The molecular weight excluding hydrogens is 223 g/mol. The maximum atomic E-state index is 12.2. The van der Waals surface area contributed by atoms with Gasteiger partial charge in [0.15, 0.2) is 0 Å². The summed E-state index contributed by atoms with van der Waals surface area (Å²) in [6.45, 7) is 0.752. The van der Waals surface area contributed by atoms with E-state index in [2.05, 4.69) is 5.32 Å². The van der Waals surface area contributed by atoms with E-state index in [-0.39, 0.29) is 16.7 Å². The Morgan fingerprint density at radius 1 is 1.27 bits per heavy atom. The van der Waals surface area contributed by atoms with Gasteiger partial charge in [0.1, 0.15) is 0 Å². The summed E-state index contributed by atoms with van der Waals surface area (Å²) in [7, 11) is 0. The highest BCUT2D eigenvalue weighted by atomic mass is 32.2. The molecule has 1 N–H and O–H groups in total. The fraction of sp³-hybridized carbons (Fsp3) is 0.400. The second-order valence-electron chi connectivity index (χ2n) is 3.37. The van der Waals surface area contributed by atoms with Crippen molar-refractivity contribution in [2.45, 2.75) is 23.2 Å². The van der Waals surface area contributed by atoms with Gasteiger partial charge in [-0.3, -0.25) is 0 Å². The van der Waals surface area contributed by atoms with Crippen LogP contribution in [0.4, 0.5) is 18.9 Å². The average Bonchev–Trinajstić information content (AvgIpc) is 2.16. The Labute approximate surface area is 90.1 Å². The molecule has 1 heterocycles. The van der Waals surface area contributed by atoms with E-state index in [1.54, 1.807) is 6.07 Å². The predicted molar refractivity (Wildman–Crippen MR) is 55.2 cm³/mol. The molecule has 0 saturated carbocycles. The molecule has 15 heavy (non-hydrogen) atoms. The van der Waals surface area contributed by atoms with Gasteiger partial charge in [-0.2, -0.15) is 13.2 Å². The zero-order valence-corrected chi connectivity index (χ0v) is 8.71. The summed E-state index contributed by atoms with van der Waals surface area (Å²) >= 11 is -0.0471. The minimum absolute atomic E-state index is 0.0471. The van der Waals surface area contributed by atoms with Crippen molar-refractivity contribution >= 4 is 17.4 Å². The van der Waals surface area contributed by atoms with Gasteiger partial charge in [0.2, 0.25) is 0 Å². The van der Waals surface area contributed by atoms with Crippen LogP contribution in [0.3, 0.4) is 0 Å². The third-order valence-electron chi connectivity index (χ3n) is 2.26. The predicted octanol–water partition coefficient (Wildman–Crippen LogP) is 3.66. The first-order valence-corrected chi connectivity index (χ1v) is 5.49. The highest BCUT2D eigenvalue weighted by Crippen LogP contribution is 2.42. The minimum atomic E-state index is -4.21. The van der Waals surface area contributed by atoms with Crippen molar-refractivity contribution in [2.75, 3.05) is 11.9 Å². The summed E-state index contributed by atoms with van der Waals surface area (Å²) < 4.78 is 36.7. The summed E-state index contributed by atoms with van der Waals surface area (Å²) in [4.78, 5) is 0.278. The van der Waals surface area contributed by atoms with Crippen LogP contribution in [0.25, 0.3) is 0 Å². The second kappa shape index (κ2) is 3.96. The van der Waals surface area contributed by atoms with Crippen LogP contribution in [-0.4, -0.2) is 12.1 Å². The van der Waals surface area contributed by atoms with E-state index in [4.69, 9.17) is 0 Å². The maximum absolute atomic E-state index is 12.2. The number of alkyl halides is 3. The molecule has 0 aromatic heterocycles. The Balaban J connectivity index is 2.31. The molecule has 0 aliphatic carbocycles. The number of fused-ring (bicyclic) bond motifs is 1. The molecule has 0 amide bonds. The van der Waals surface area contributed by atoms with Crippen LogP contribution in [0.1, 0.15) is 12.0 Å². The number of thioether (sulfide) groups is 1. The highest BCUT2D eigenvalue weighted by molar-refractivity contribution is 8.00. The lowest BCUT2D eigenvalue weighted by Gasteiger charge is -2.21. The van der Waals surface area contributed by atoms with Crippen LogP contribution >= 0.6 is 11.8 Å². The van der Waals surface area contributed by atoms with Crippen LogP contribution in [0.5, 0.6) is 0 Å². The monoisotopic (exact) mass is 233 g/mol. The number of nitrogens with one attached hydrogen (secondary N) is 1. The Hall–Kier alpha value is -0.840. The van der Waals surface area contributed by atoms with Crippen LogP contribution in [0.15, 0.2) is 23.1 Å². The Kier molecular flexibility index (Phi) is 2.82. The third-order valence-corrected chi connectivity index (χ3v) is 3.05. The van der Waals surface area contributed by atoms with E-state index in [0.717, 1.165) is 24.9 Å². The van der Waals surface area contributed by atoms with Gasteiger partial charge in [0.05, 0.1) is 5.69 Å². The molecule has 1 nitrogen and oxygen atoms in total. The van der Waals surface area contributed by atoms with Gasteiger partial charge in [0, 0.05) is 11.4 Å². The smallest absolute Gasteiger partial charge is 0.384 e. The third kappa shape index (κ3) is 2.59. The molecular formula is C10H10F3NS. The molecule has 1 aliphatic rings. The number of benzene rings is 1. The lowest BCUT2D eigenvalue weighted by atomic mass is 10.0. The Morgan fingerprint density at radius 3 is 2.80 bits per heavy atom. The summed E-state index contributed by atoms with van der Waals surface area (Å²) in [5, 5.41) is 3.03. The largest absolute Gasteiger partial charge is 0.446 e. The van der Waals surface area contributed by atoms with Crippen LogP contribution < -0.4 is 5.32 Å². The fourth-order valence-corrected chi connectivity index (χ4v) is 2.39. The van der Waals surface area contributed by atoms with E-state index in [1.807, 2.05) is 6.07 Å². The number of para-hydroxylation sites is 1. The Bertz CT molecular complexity index is 362. The van der Waals surface area contributed by atoms with E-state index >= 15 is 0 Å². The quantitative estimate of drug-likeness (QED) is 0.743. The molecule has 1 aromatic carbocycles. The van der Waals surface area contributed by atoms with Crippen molar-refractivity contribution in [3.63, 3.8) is 0 Å². The average molecular weight is 233 g/mol. The van der Waals surface area contributed by atoms with Crippen molar-refractivity contribution in [3.8, 4) is 0 Å². The zero-order valence-electron chi connectivity index (χ0n) is 7.90. The number of anilines is 1. The Morgan fingerprint density at radius 2 is 2.07 bits per heavy atom. The van der Waals surface area contributed by atoms with E-state index in [9.17, 15) is 13.2 Å². The molecule has 0 saturated heterocycles. The number of halogens is 3. The standard InChI is InChI=1S/C10H10F3NS/c11-10(12,13)15-8-5-1-3-7-4-2-6-14-9(7)8/h1,3,5,14H,2,4,6H2. The SMILES string of the molecule is FC(F)(F)Sc1cccc2c1NCCC2. The number of hydrogen-bond acceptors (Lipinski definition) is 2. The minimum Gasteiger partial charge on any atom is -0.384 e. The summed E-state index contributed by atoms with van der Waals surface area (Å²) in [5.41, 5.74) is -2.57. The maximum Gasteiger partial charge on any atom is 0.446 e. The van der Waals surface area contributed by atoms with Crippen LogP contribution in [0.2, 0.25) is 0 Å². The number of aryl methyl sites for hydroxylation is 1. The number of hydrogen-bond donors (Lipinski definition) is 1. The first-order chi connectivity index (χ1) is 7.06. The molecule has 0 bridgehead atoms. The van der Waals surface area contributed by atoms with Gasteiger partial charge in [-0.05, 0) is 36.2 Å². The summed E-state index contributed by atoms with van der Waals surface area (Å²) in [6, 6.07) is 5.07. The lowest BCUT2D eigenvalue weighted by molar-refractivity contribution is -0.0327. The number of rotatable bonds is 1. The van der Waals surface area contributed by atoms with E-state index in [1.165, 1.54) is 6.07 Å². The van der Waals surface area contributed by atoms with Gasteiger partial charge < -0.3 is 5.32 Å². The molecule has 0 atom stereocenters. The summed E-state index contributed by atoms with van der Waals surface area (Å²) in [6.07, 6.45) is 1.84. The van der Waals surface area contributed by atoms with Crippen LogP contribution in [-0.2, 0) is 6.42 Å². The molecule has 0 spiro atoms. The van der Waals surface area contributed by atoms with Gasteiger partial charge in [-0.15, -0.1) is 0 Å². The molecule has 82 valence electrons. The molecule has 2 rings (SSSR count). The second-order valence-corrected chi connectivity index (χ2v) is 4.48. The molecule has 5 heteroatoms. The fourth-order valence-electron chi connectivity index (χ4n) is 1.69. The van der Waals surface area contributed by atoms with E-state index < -0.39 is 5.51 Å². The van der Waals surface area contributed by atoms with Gasteiger partial charge in [0.25, 0.3) is 0 Å². The van der Waals surface area contributed by atoms with Crippen molar-refractivity contribution in [1.29, 1.82) is 0 Å². The topological polar surface area (TPSA) is 12.0 Å². The lowest BCUT2D eigenvalue weighted by Crippen LogP contribution is -2.13. The van der Waals surface area contributed by atoms with Crippen molar-refractivity contribution in [3.05, 3.63) is 23.8 Å². The zero-order chi connectivity index (χ0) is 10.9. The molecule has 0 fully saturated rings. The van der Waals surface area contributed by atoms with Crippen molar-refractivity contribution in [2.24, 2.45) is 0 Å². The van der Waals surface area contributed by atoms with Crippen molar-refractivity contribution in [1.82, 2.24) is 0 Å². The first kappa shape index (κ1) is 10.7. The van der Waals surface area contributed by atoms with Crippen molar-refractivity contribution < 1.29 is 13.2 Å².